The average Bonchev–Trinajstić information content (AvgIpc) is 3.25. The molecule has 5 nitrogen and oxygen atoms in total. The second-order valence-electron chi connectivity index (χ2n) is 7.77. The van der Waals surface area contributed by atoms with E-state index in [4.69, 9.17) is 4.74 Å². The van der Waals surface area contributed by atoms with E-state index >= 15 is 0 Å². The number of nitrogens with zero attached hydrogens (tertiary/aromatic N) is 1. The minimum atomic E-state index is -0.422. The first-order valence-electron chi connectivity index (χ1n) is 10.5. The number of fused-ring (bicyclic) bond motifs is 1. The molecule has 1 N–H and O–H groups in total. The van der Waals surface area contributed by atoms with Crippen molar-refractivity contribution in [1.82, 2.24) is 4.90 Å². The maximum Gasteiger partial charge on any atom is 0.411 e. The van der Waals surface area contributed by atoms with Crippen LogP contribution in [0.3, 0.4) is 0 Å². The zero-order valence-electron chi connectivity index (χ0n) is 17.2. The second kappa shape index (κ2) is 10.4. The number of rotatable bonds is 7. The van der Waals surface area contributed by atoms with Crippen molar-refractivity contribution < 1.29 is 14.3 Å². The van der Waals surface area contributed by atoms with E-state index in [9.17, 15) is 9.59 Å². The van der Waals surface area contributed by atoms with E-state index in [2.05, 4.69) is 32.2 Å². The molecule has 162 valence electrons. The van der Waals surface area contributed by atoms with Crippen LogP contribution >= 0.6 is 27.3 Å². The number of ether oxygens (including phenoxy) is 1. The van der Waals surface area contributed by atoms with Gasteiger partial charge in [0, 0.05) is 32.9 Å². The van der Waals surface area contributed by atoms with Gasteiger partial charge in [0.15, 0.2) is 5.78 Å². The van der Waals surface area contributed by atoms with Crippen LogP contribution in [0.5, 0.6) is 0 Å². The lowest BCUT2D eigenvalue weighted by Crippen LogP contribution is -2.37. The highest BCUT2D eigenvalue weighted by atomic mass is 79.9. The Bertz CT molecular complexity index is 1040. The maximum atomic E-state index is 12.7. The summed E-state index contributed by atoms with van der Waals surface area (Å²) in [5.41, 5.74) is 1.54. The van der Waals surface area contributed by atoms with Gasteiger partial charge in [-0.3, -0.25) is 10.1 Å². The topological polar surface area (TPSA) is 58.6 Å². The van der Waals surface area contributed by atoms with Gasteiger partial charge in [0.25, 0.3) is 0 Å². The van der Waals surface area contributed by atoms with E-state index in [-0.39, 0.29) is 11.7 Å². The maximum absolute atomic E-state index is 12.7. The molecule has 1 aliphatic heterocycles. The number of ketones is 1. The normalized spacial score (nSPS) is 15.1. The van der Waals surface area contributed by atoms with Gasteiger partial charge in [0.2, 0.25) is 0 Å². The van der Waals surface area contributed by atoms with Gasteiger partial charge >= 0.3 is 6.09 Å². The molecule has 1 aliphatic rings. The van der Waals surface area contributed by atoms with E-state index in [1.54, 1.807) is 11.3 Å². The predicted octanol–water partition coefficient (Wildman–Crippen LogP) is 6.20. The number of likely N-dealkylation sites (tertiary alicyclic amines) is 1. The molecule has 0 radical (unpaired) electrons. The Morgan fingerprint density at radius 1 is 1.10 bits per heavy atom. The van der Waals surface area contributed by atoms with Gasteiger partial charge < -0.3 is 9.64 Å². The van der Waals surface area contributed by atoms with Gasteiger partial charge in [0.1, 0.15) is 0 Å². The molecule has 0 aliphatic carbocycles. The summed E-state index contributed by atoms with van der Waals surface area (Å²) in [5, 5.41) is 6.00. The molecule has 0 atom stereocenters. The minimum Gasteiger partial charge on any atom is -0.449 e. The summed E-state index contributed by atoms with van der Waals surface area (Å²) >= 11 is 5.05. The number of Topliss-reactive ketones (excluding diaryl/α,β-unsaturated/α-hetero) is 1. The molecule has 0 bridgehead atoms. The molecule has 3 aromatic rings. The number of hydrogen-bond acceptors (Lipinski definition) is 5. The number of anilines is 1. The van der Waals surface area contributed by atoms with E-state index in [1.807, 2.05) is 47.8 Å². The Labute approximate surface area is 194 Å². The zero-order chi connectivity index (χ0) is 21.6. The number of amides is 1. The monoisotopic (exact) mass is 500 g/mol. The predicted molar refractivity (Wildman–Crippen MR) is 129 cm³/mol. The Hall–Kier alpha value is -2.22. The van der Waals surface area contributed by atoms with Crippen LogP contribution < -0.4 is 5.32 Å². The quantitative estimate of drug-likeness (QED) is 0.310. The lowest BCUT2D eigenvalue weighted by atomic mass is 9.89. The van der Waals surface area contributed by atoms with Crippen LogP contribution in [0.1, 0.15) is 29.6 Å². The molecule has 0 spiro atoms. The summed E-state index contributed by atoms with van der Waals surface area (Å²) in [4.78, 5) is 27.0. The van der Waals surface area contributed by atoms with Crippen molar-refractivity contribution in [3.05, 3.63) is 63.9 Å². The smallest absolute Gasteiger partial charge is 0.411 e. The average molecular weight is 501 g/mol. The van der Waals surface area contributed by atoms with Gasteiger partial charge in [-0.2, -0.15) is 0 Å². The number of benzene rings is 2. The molecule has 4 rings (SSSR count). The Morgan fingerprint density at radius 2 is 1.87 bits per heavy atom. The highest BCUT2D eigenvalue weighted by Crippen LogP contribution is 2.25. The zero-order valence-corrected chi connectivity index (χ0v) is 19.6. The summed E-state index contributed by atoms with van der Waals surface area (Å²) in [6, 6.07) is 15.5. The standard InChI is InChI=1S/C24H25BrN2O3S/c25-20-5-2-18(3-6-20)23(28)19-8-12-27(13-9-19)11-1-14-30-24(29)26-21-7-4-17-10-15-31-22(17)16-21/h2-7,10,15-16,19H,1,8-9,11-14H2,(H,26,29). The molecule has 1 saturated heterocycles. The fourth-order valence-electron chi connectivity index (χ4n) is 3.91. The fraction of sp³-hybridized carbons (Fsp3) is 0.333. The van der Waals surface area contributed by atoms with Crippen LogP contribution in [-0.4, -0.2) is 43.0 Å². The molecular formula is C24H25BrN2O3S. The van der Waals surface area contributed by atoms with Crippen LogP contribution in [0.15, 0.2) is 58.4 Å². The molecule has 2 heterocycles. The van der Waals surface area contributed by atoms with Crippen LogP contribution in [0.25, 0.3) is 10.1 Å². The fourth-order valence-corrected chi connectivity index (χ4v) is 5.00. The summed E-state index contributed by atoms with van der Waals surface area (Å²) in [5.74, 6) is 0.341. The van der Waals surface area contributed by atoms with Gasteiger partial charge in [-0.15, -0.1) is 11.3 Å². The van der Waals surface area contributed by atoms with Gasteiger partial charge in [-0.25, -0.2) is 4.79 Å². The van der Waals surface area contributed by atoms with E-state index in [1.165, 1.54) is 5.39 Å². The molecule has 1 aromatic heterocycles. The molecule has 0 unspecified atom stereocenters. The van der Waals surface area contributed by atoms with Gasteiger partial charge in [0.05, 0.1) is 6.61 Å². The molecular weight excluding hydrogens is 476 g/mol. The van der Waals surface area contributed by atoms with Crippen molar-refractivity contribution in [2.45, 2.75) is 19.3 Å². The van der Waals surface area contributed by atoms with Gasteiger partial charge in [-0.1, -0.05) is 34.1 Å². The third kappa shape index (κ3) is 5.93. The number of carbonyl (C=O) groups excluding carboxylic acids is 2. The van der Waals surface area contributed by atoms with E-state index in [0.717, 1.165) is 59.3 Å². The number of carbonyl (C=O) groups is 2. The van der Waals surface area contributed by atoms with Crippen LogP contribution in [0, 0.1) is 5.92 Å². The summed E-state index contributed by atoms with van der Waals surface area (Å²) in [7, 11) is 0. The highest BCUT2D eigenvalue weighted by molar-refractivity contribution is 9.10. The van der Waals surface area contributed by atoms with Crippen LogP contribution in [-0.2, 0) is 4.74 Å². The van der Waals surface area contributed by atoms with Crippen molar-refractivity contribution in [1.29, 1.82) is 0 Å². The third-order valence-electron chi connectivity index (χ3n) is 5.64. The Kier molecular flexibility index (Phi) is 7.37. The summed E-state index contributed by atoms with van der Waals surface area (Å²) < 4.78 is 7.45. The first-order chi connectivity index (χ1) is 15.1. The summed E-state index contributed by atoms with van der Waals surface area (Å²) in [6.07, 6.45) is 2.11. The van der Waals surface area contributed by atoms with Crippen molar-refractivity contribution in [3.8, 4) is 0 Å². The number of nitrogens with one attached hydrogen (secondary N) is 1. The first-order valence-corrected chi connectivity index (χ1v) is 12.2. The molecule has 31 heavy (non-hydrogen) atoms. The third-order valence-corrected chi connectivity index (χ3v) is 7.05. The van der Waals surface area contributed by atoms with Crippen molar-refractivity contribution in [2.24, 2.45) is 5.92 Å². The van der Waals surface area contributed by atoms with Crippen molar-refractivity contribution in [2.75, 3.05) is 31.6 Å². The van der Waals surface area contributed by atoms with Crippen molar-refractivity contribution >= 4 is 54.9 Å². The first kappa shape index (κ1) is 22.0. The molecule has 2 aromatic carbocycles. The molecule has 1 fully saturated rings. The lowest BCUT2D eigenvalue weighted by Gasteiger charge is -2.31. The lowest BCUT2D eigenvalue weighted by molar-refractivity contribution is 0.0830. The number of piperidine rings is 1. The largest absolute Gasteiger partial charge is 0.449 e. The van der Waals surface area contributed by atoms with Crippen LogP contribution in [0.2, 0.25) is 0 Å². The number of halogens is 1. The molecule has 1 amide bonds. The van der Waals surface area contributed by atoms with Crippen molar-refractivity contribution in [3.63, 3.8) is 0 Å². The highest BCUT2D eigenvalue weighted by Gasteiger charge is 2.25. The Balaban J connectivity index is 1.13. The minimum absolute atomic E-state index is 0.0973. The second-order valence-corrected chi connectivity index (χ2v) is 9.64. The van der Waals surface area contributed by atoms with E-state index in [0.29, 0.717) is 6.61 Å². The number of thiophene rings is 1. The van der Waals surface area contributed by atoms with E-state index < -0.39 is 6.09 Å². The van der Waals surface area contributed by atoms with Crippen LogP contribution in [0.4, 0.5) is 10.5 Å². The molecule has 7 heteroatoms. The SMILES string of the molecule is O=C(Nc1ccc2ccsc2c1)OCCCN1CCC(C(=O)c2ccc(Br)cc2)CC1. The molecule has 0 saturated carbocycles. The Morgan fingerprint density at radius 3 is 2.65 bits per heavy atom. The summed E-state index contributed by atoms with van der Waals surface area (Å²) in [6.45, 7) is 3.05. The number of hydrogen-bond donors (Lipinski definition) is 1. The van der Waals surface area contributed by atoms with Gasteiger partial charge in [-0.05, 0) is 73.5 Å².